The minimum Gasteiger partial charge on any atom is -0.444 e. The molecule has 0 aromatic rings. The maximum Gasteiger partial charge on any atom is 0.407 e. The van der Waals surface area contributed by atoms with Gasteiger partial charge in [0, 0.05) is 11.5 Å². The molecule has 0 heterocycles. The molecule has 15 heavy (non-hydrogen) atoms. The Morgan fingerprint density at radius 2 is 1.73 bits per heavy atom. The zero-order valence-corrected chi connectivity index (χ0v) is 10.4. The van der Waals surface area contributed by atoms with Crippen LogP contribution in [0.5, 0.6) is 0 Å². The highest BCUT2D eigenvalue weighted by molar-refractivity contribution is 5.69. The van der Waals surface area contributed by atoms with Gasteiger partial charge >= 0.3 is 6.09 Å². The molecule has 0 bridgehead atoms. The van der Waals surface area contributed by atoms with Crippen molar-refractivity contribution in [2.45, 2.75) is 53.2 Å². The first-order chi connectivity index (χ1) is 6.58. The first kappa shape index (κ1) is 13.9. The number of aldehydes is 1. The van der Waals surface area contributed by atoms with E-state index in [1.807, 2.05) is 0 Å². The van der Waals surface area contributed by atoms with Crippen LogP contribution in [0.4, 0.5) is 4.79 Å². The van der Waals surface area contributed by atoms with Crippen molar-refractivity contribution >= 4 is 12.4 Å². The molecule has 4 nitrogen and oxygen atoms in total. The van der Waals surface area contributed by atoms with Crippen LogP contribution in [0.3, 0.4) is 0 Å². The molecule has 1 unspecified atom stereocenters. The summed E-state index contributed by atoms with van der Waals surface area (Å²) >= 11 is 0. The monoisotopic (exact) mass is 215 g/mol. The topological polar surface area (TPSA) is 55.4 Å². The zero-order chi connectivity index (χ0) is 12.3. The summed E-state index contributed by atoms with van der Waals surface area (Å²) in [6.45, 7) is 10.7. The first-order valence-electron chi connectivity index (χ1n) is 5.04. The second kappa shape index (κ2) is 4.64. The lowest BCUT2D eigenvalue weighted by Crippen LogP contribution is -2.45. The average Bonchev–Trinajstić information content (AvgIpc) is 2.00. The van der Waals surface area contributed by atoms with Crippen LogP contribution >= 0.6 is 0 Å². The molecule has 0 aliphatic carbocycles. The van der Waals surface area contributed by atoms with Crippen LogP contribution in [0.25, 0.3) is 0 Å². The summed E-state index contributed by atoms with van der Waals surface area (Å²) in [5.41, 5.74) is -1.11. The molecule has 0 saturated heterocycles. The Labute approximate surface area is 91.4 Å². The minimum absolute atomic E-state index is 0.259. The summed E-state index contributed by atoms with van der Waals surface area (Å²) in [6, 6.07) is -0.259. The molecule has 0 aliphatic rings. The molecular formula is C11H21NO3. The van der Waals surface area contributed by atoms with Crippen LogP contribution in [-0.2, 0) is 9.53 Å². The van der Waals surface area contributed by atoms with Gasteiger partial charge in [-0.3, -0.25) is 0 Å². The predicted molar refractivity (Wildman–Crippen MR) is 58.7 cm³/mol. The van der Waals surface area contributed by atoms with Crippen LogP contribution in [0.15, 0.2) is 0 Å². The van der Waals surface area contributed by atoms with Gasteiger partial charge in [0.05, 0.1) is 0 Å². The molecular weight excluding hydrogens is 194 g/mol. The van der Waals surface area contributed by atoms with Gasteiger partial charge in [-0.1, -0.05) is 13.8 Å². The maximum atomic E-state index is 11.4. The van der Waals surface area contributed by atoms with Gasteiger partial charge in [0.1, 0.15) is 11.9 Å². The van der Waals surface area contributed by atoms with Gasteiger partial charge < -0.3 is 14.8 Å². The summed E-state index contributed by atoms with van der Waals surface area (Å²) in [5.74, 6) is 0. The Morgan fingerprint density at radius 3 is 2.07 bits per heavy atom. The third-order valence-electron chi connectivity index (χ3n) is 2.15. The number of amides is 1. The summed E-state index contributed by atoms with van der Waals surface area (Å²) in [7, 11) is 0. The fourth-order valence-corrected chi connectivity index (χ4v) is 0.772. The lowest BCUT2D eigenvalue weighted by Gasteiger charge is -2.28. The van der Waals surface area contributed by atoms with E-state index in [0.29, 0.717) is 0 Å². The van der Waals surface area contributed by atoms with Crippen molar-refractivity contribution in [2.75, 3.05) is 0 Å². The molecule has 0 aromatic carbocycles. The molecule has 0 spiro atoms. The number of hydrogen-bond acceptors (Lipinski definition) is 3. The van der Waals surface area contributed by atoms with Gasteiger partial charge in [0.25, 0.3) is 0 Å². The van der Waals surface area contributed by atoms with Gasteiger partial charge in [0.15, 0.2) is 0 Å². The Balaban J connectivity index is 4.25. The van der Waals surface area contributed by atoms with E-state index in [9.17, 15) is 9.59 Å². The van der Waals surface area contributed by atoms with Gasteiger partial charge in [-0.05, 0) is 27.7 Å². The highest BCUT2D eigenvalue weighted by Gasteiger charge is 2.28. The minimum atomic E-state index is -0.586. The second-order valence-electron chi connectivity index (χ2n) is 5.31. The number of carbonyl (C=O) groups excluding carboxylic acids is 2. The third-order valence-corrected chi connectivity index (χ3v) is 2.15. The zero-order valence-electron chi connectivity index (χ0n) is 10.4. The molecule has 1 N–H and O–H groups in total. The van der Waals surface area contributed by atoms with Crippen molar-refractivity contribution in [1.29, 1.82) is 0 Å². The maximum absolute atomic E-state index is 11.4. The van der Waals surface area contributed by atoms with E-state index in [1.165, 1.54) is 0 Å². The molecule has 1 amide bonds. The highest BCUT2D eigenvalue weighted by atomic mass is 16.6. The number of ether oxygens (including phenoxy) is 1. The largest absolute Gasteiger partial charge is 0.444 e. The van der Waals surface area contributed by atoms with E-state index in [2.05, 4.69) is 5.32 Å². The molecule has 88 valence electrons. The molecule has 0 saturated carbocycles. The number of alkyl carbamates (subject to hydrolysis) is 1. The van der Waals surface area contributed by atoms with Crippen molar-refractivity contribution in [3.05, 3.63) is 0 Å². The van der Waals surface area contributed by atoms with Crippen LogP contribution in [0.2, 0.25) is 0 Å². The van der Waals surface area contributed by atoms with Crippen LogP contribution in [0, 0.1) is 5.41 Å². The van der Waals surface area contributed by atoms with E-state index in [-0.39, 0.29) is 6.04 Å². The van der Waals surface area contributed by atoms with Crippen LogP contribution in [0.1, 0.15) is 41.5 Å². The molecule has 0 aliphatic heterocycles. The number of hydrogen-bond donors (Lipinski definition) is 1. The molecule has 4 heteroatoms. The Bertz CT molecular complexity index is 241. The second-order valence-corrected chi connectivity index (χ2v) is 5.31. The van der Waals surface area contributed by atoms with Gasteiger partial charge in [0.2, 0.25) is 0 Å². The predicted octanol–water partition coefficient (Wildman–Crippen LogP) is 2.12. The first-order valence-corrected chi connectivity index (χ1v) is 5.04. The molecule has 0 radical (unpaired) electrons. The van der Waals surface area contributed by atoms with Crippen molar-refractivity contribution in [3.8, 4) is 0 Å². The van der Waals surface area contributed by atoms with Crippen LogP contribution < -0.4 is 5.32 Å². The lowest BCUT2D eigenvalue weighted by atomic mass is 9.87. The smallest absolute Gasteiger partial charge is 0.407 e. The molecule has 0 rings (SSSR count). The lowest BCUT2D eigenvalue weighted by molar-refractivity contribution is -0.115. The summed E-state index contributed by atoms with van der Waals surface area (Å²) < 4.78 is 5.08. The highest BCUT2D eigenvalue weighted by Crippen LogP contribution is 2.17. The van der Waals surface area contributed by atoms with E-state index < -0.39 is 17.1 Å². The number of nitrogens with one attached hydrogen (secondary N) is 1. The van der Waals surface area contributed by atoms with E-state index in [4.69, 9.17) is 4.74 Å². The third kappa shape index (κ3) is 5.40. The molecule has 0 aromatic heterocycles. The van der Waals surface area contributed by atoms with E-state index >= 15 is 0 Å². The SMILES string of the molecule is CC(NC(=O)OC(C)(C)C)C(C)(C)C=O. The van der Waals surface area contributed by atoms with E-state index in [1.54, 1.807) is 41.5 Å². The normalized spacial score (nSPS) is 14.3. The van der Waals surface area contributed by atoms with Crippen molar-refractivity contribution in [3.63, 3.8) is 0 Å². The number of rotatable bonds is 3. The van der Waals surface area contributed by atoms with Gasteiger partial charge in [-0.15, -0.1) is 0 Å². The average molecular weight is 215 g/mol. The Hall–Kier alpha value is -1.06. The van der Waals surface area contributed by atoms with Crippen molar-refractivity contribution in [1.82, 2.24) is 5.32 Å². The standard InChI is InChI=1S/C11H21NO3/c1-8(11(5,6)7-13)12-9(14)15-10(2,3)4/h7-8H,1-6H3,(H,12,14). The van der Waals surface area contributed by atoms with E-state index in [0.717, 1.165) is 6.29 Å². The summed E-state index contributed by atoms with van der Waals surface area (Å²) in [5, 5.41) is 2.64. The Morgan fingerprint density at radius 1 is 1.27 bits per heavy atom. The quantitative estimate of drug-likeness (QED) is 0.734. The summed E-state index contributed by atoms with van der Waals surface area (Å²) in [6.07, 6.45) is 0.333. The fraction of sp³-hybridized carbons (Fsp3) is 0.818. The molecule has 0 fully saturated rings. The van der Waals surface area contributed by atoms with Gasteiger partial charge in [-0.2, -0.15) is 0 Å². The van der Waals surface area contributed by atoms with Crippen molar-refractivity contribution < 1.29 is 14.3 Å². The van der Waals surface area contributed by atoms with Crippen molar-refractivity contribution in [2.24, 2.45) is 5.41 Å². The molecule has 1 atom stereocenters. The van der Waals surface area contributed by atoms with Crippen LogP contribution in [-0.4, -0.2) is 24.0 Å². The fourth-order valence-electron chi connectivity index (χ4n) is 0.772. The van der Waals surface area contributed by atoms with Gasteiger partial charge in [-0.25, -0.2) is 4.79 Å². The number of carbonyl (C=O) groups is 2. The Kier molecular flexibility index (Phi) is 4.31. The summed E-state index contributed by atoms with van der Waals surface area (Å²) in [4.78, 5) is 22.1.